The van der Waals surface area contributed by atoms with Crippen molar-refractivity contribution in [2.45, 2.75) is 13.1 Å². The fourth-order valence-electron chi connectivity index (χ4n) is 3.68. The van der Waals surface area contributed by atoms with Crippen LogP contribution in [0.15, 0.2) is 91.3 Å². The van der Waals surface area contributed by atoms with Crippen molar-refractivity contribution in [3.63, 3.8) is 0 Å². The van der Waals surface area contributed by atoms with Gasteiger partial charge in [-0.3, -0.25) is 9.36 Å². The number of thiocarbonyl (C=S) groups is 1. The van der Waals surface area contributed by atoms with Gasteiger partial charge in [0.15, 0.2) is 16.7 Å². The zero-order chi connectivity index (χ0) is 22.6. The number of anilines is 2. The quantitative estimate of drug-likeness (QED) is 0.306. The summed E-state index contributed by atoms with van der Waals surface area (Å²) in [5.41, 5.74) is 2.33. The first-order chi connectivity index (χ1) is 16.1. The Hall–Kier alpha value is -3.68. The SMILES string of the molecule is S=C(Nc1ccn(Cc2ccc(Cl)cc2)n1)Nc1ccn(Cc2cccc3ccccc23)n1. The summed E-state index contributed by atoms with van der Waals surface area (Å²) in [5.74, 6) is 1.34. The minimum Gasteiger partial charge on any atom is -0.316 e. The maximum Gasteiger partial charge on any atom is 0.177 e. The van der Waals surface area contributed by atoms with E-state index in [4.69, 9.17) is 23.8 Å². The summed E-state index contributed by atoms with van der Waals surface area (Å²) in [4.78, 5) is 0. The van der Waals surface area contributed by atoms with Crippen molar-refractivity contribution < 1.29 is 0 Å². The topological polar surface area (TPSA) is 59.7 Å². The fraction of sp³-hybridized carbons (Fsp3) is 0.0800. The zero-order valence-corrected chi connectivity index (χ0v) is 19.2. The number of hydrogen-bond donors (Lipinski definition) is 2. The normalized spacial score (nSPS) is 10.9. The third kappa shape index (κ3) is 5.22. The van der Waals surface area contributed by atoms with Gasteiger partial charge in [0.2, 0.25) is 0 Å². The number of halogens is 1. The lowest BCUT2D eigenvalue weighted by Gasteiger charge is -2.08. The molecule has 33 heavy (non-hydrogen) atoms. The summed E-state index contributed by atoms with van der Waals surface area (Å²) in [6.07, 6.45) is 3.84. The molecule has 0 bridgehead atoms. The maximum absolute atomic E-state index is 5.95. The van der Waals surface area contributed by atoms with Crippen LogP contribution in [0.3, 0.4) is 0 Å². The third-order valence-corrected chi connectivity index (χ3v) is 5.69. The monoisotopic (exact) mass is 472 g/mol. The van der Waals surface area contributed by atoms with E-state index in [1.807, 2.05) is 58.2 Å². The molecule has 2 aromatic heterocycles. The highest BCUT2D eigenvalue weighted by atomic mass is 35.5. The Balaban J connectivity index is 1.19. The second kappa shape index (κ2) is 9.44. The predicted molar refractivity (Wildman–Crippen MR) is 138 cm³/mol. The van der Waals surface area contributed by atoms with E-state index < -0.39 is 0 Å². The van der Waals surface area contributed by atoms with Gasteiger partial charge in [0, 0.05) is 29.5 Å². The number of hydrogen-bond acceptors (Lipinski definition) is 3. The standard InChI is InChI=1S/C25H21ClN6S/c26-21-10-8-18(9-11-21)16-31-14-12-23(29-31)27-25(33)28-24-13-15-32(30-24)17-20-6-3-5-19-4-1-2-7-22(19)20/h1-15H,16-17H2,(H2,27,28,29,30,33). The Morgan fingerprint density at radius 3 is 2.12 bits per heavy atom. The molecule has 5 rings (SSSR count). The second-order valence-corrected chi connectivity index (χ2v) is 8.49. The lowest BCUT2D eigenvalue weighted by Crippen LogP contribution is -2.20. The molecule has 5 aromatic rings. The van der Waals surface area contributed by atoms with Crippen LogP contribution in [0.1, 0.15) is 11.1 Å². The summed E-state index contributed by atoms with van der Waals surface area (Å²) >= 11 is 11.4. The molecule has 2 heterocycles. The smallest absolute Gasteiger partial charge is 0.177 e. The molecule has 0 spiro atoms. The molecule has 6 nitrogen and oxygen atoms in total. The largest absolute Gasteiger partial charge is 0.316 e. The lowest BCUT2D eigenvalue weighted by molar-refractivity contribution is 0.690. The van der Waals surface area contributed by atoms with Crippen LogP contribution in [0.25, 0.3) is 10.8 Å². The van der Waals surface area contributed by atoms with Crippen LogP contribution in [-0.2, 0) is 13.1 Å². The molecule has 8 heteroatoms. The Morgan fingerprint density at radius 1 is 0.758 bits per heavy atom. The number of benzene rings is 3. The van der Waals surface area contributed by atoms with Crippen molar-refractivity contribution in [2.75, 3.05) is 10.6 Å². The second-order valence-electron chi connectivity index (χ2n) is 7.64. The van der Waals surface area contributed by atoms with Crippen LogP contribution in [0.2, 0.25) is 5.02 Å². The van der Waals surface area contributed by atoms with Gasteiger partial charge < -0.3 is 10.6 Å². The van der Waals surface area contributed by atoms with Gasteiger partial charge in [-0.05, 0) is 46.2 Å². The van der Waals surface area contributed by atoms with E-state index in [1.165, 1.54) is 16.3 Å². The van der Waals surface area contributed by atoms with Gasteiger partial charge >= 0.3 is 0 Å². The van der Waals surface area contributed by atoms with E-state index in [2.05, 4.69) is 63.3 Å². The zero-order valence-electron chi connectivity index (χ0n) is 17.6. The van der Waals surface area contributed by atoms with Gasteiger partial charge in [-0.15, -0.1) is 0 Å². The molecule has 0 amide bonds. The van der Waals surface area contributed by atoms with Crippen molar-refractivity contribution >= 4 is 51.3 Å². The van der Waals surface area contributed by atoms with Crippen molar-refractivity contribution in [1.29, 1.82) is 0 Å². The Morgan fingerprint density at radius 2 is 1.39 bits per heavy atom. The van der Waals surface area contributed by atoms with Crippen LogP contribution in [0.4, 0.5) is 11.6 Å². The highest BCUT2D eigenvalue weighted by molar-refractivity contribution is 7.80. The minimum atomic E-state index is 0.433. The molecule has 0 fully saturated rings. The number of rotatable bonds is 6. The molecule has 164 valence electrons. The van der Waals surface area contributed by atoms with E-state index in [0.29, 0.717) is 29.8 Å². The van der Waals surface area contributed by atoms with Gasteiger partial charge in [0.25, 0.3) is 0 Å². The van der Waals surface area contributed by atoms with Crippen molar-refractivity contribution in [1.82, 2.24) is 19.6 Å². The first-order valence-electron chi connectivity index (χ1n) is 10.5. The molecule has 0 saturated carbocycles. The van der Waals surface area contributed by atoms with Crippen molar-refractivity contribution in [3.8, 4) is 0 Å². The summed E-state index contributed by atoms with van der Waals surface area (Å²) in [5, 5.41) is 19.0. The molecule has 3 aromatic carbocycles. The Labute approximate surface area is 201 Å². The van der Waals surface area contributed by atoms with Crippen LogP contribution >= 0.6 is 23.8 Å². The van der Waals surface area contributed by atoms with Gasteiger partial charge in [0.05, 0.1) is 13.1 Å². The van der Waals surface area contributed by atoms with Crippen molar-refractivity contribution in [3.05, 3.63) is 107 Å². The maximum atomic E-state index is 5.95. The van der Waals surface area contributed by atoms with Crippen LogP contribution < -0.4 is 10.6 Å². The van der Waals surface area contributed by atoms with E-state index in [1.54, 1.807) is 0 Å². The predicted octanol–water partition coefficient (Wildman–Crippen LogP) is 5.79. The summed E-state index contributed by atoms with van der Waals surface area (Å²) in [6, 6.07) is 26.2. The highest BCUT2D eigenvalue weighted by Crippen LogP contribution is 2.19. The number of nitrogens with one attached hydrogen (secondary N) is 2. The van der Waals surface area contributed by atoms with Crippen molar-refractivity contribution in [2.24, 2.45) is 0 Å². The number of fused-ring (bicyclic) bond motifs is 1. The first-order valence-corrected chi connectivity index (χ1v) is 11.3. The molecule has 0 saturated heterocycles. The van der Waals surface area contributed by atoms with Gasteiger partial charge in [-0.1, -0.05) is 66.2 Å². The number of nitrogens with zero attached hydrogens (tertiary/aromatic N) is 4. The minimum absolute atomic E-state index is 0.433. The summed E-state index contributed by atoms with van der Waals surface area (Å²) in [6.45, 7) is 1.33. The van der Waals surface area contributed by atoms with Crippen LogP contribution in [0, 0.1) is 0 Å². The molecular weight excluding hydrogens is 452 g/mol. The van der Waals surface area contributed by atoms with Crippen LogP contribution in [-0.4, -0.2) is 24.7 Å². The molecule has 0 aliphatic rings. The molecule has 0 unspecified atom stereocenters. The lowest BCUT2D eigenvalue weighted by atomic mass is 10.0. The third-order valence-electron chi connectivity index (χ3n) is 5.23. The van der Waals surface area contributed by atoms with E-state index in [-0.39, 0.29) is 0 Å². The van der Waals surface area contributed by atoms with Gasteiger partial charge in [-0.2, -0.15) is 10.2 Å². The van der Waals surface area contributed by atoms with Gasteiger partial charge in [0.1, 0.15) is 0 Å². The highest BCUT2D eigenvalue weighted by Gasteiger charge is 2.07. The average Bonchev–Trinajstić information content (AvgIpc) is 3.44. The molecule has 0 atom stereocenters. The molecular formula is C25H21ClN6S. The molecule has 0 radical (unpaired) electrons. The van der Waals surface area contributed by atoms with Gasteiger partial charge in [-0.25, -0.2) is 0 Å². The van der Waals surface area contributed by atoms with Crippen LogP contribution in [0.5, 0.6) is 0 Å². The van der Waals surface area contributed by atoms with E-state index in [9.17, 15) is 0 Å². The Kier molecular flexibility index (Phi) is 6.06. The molecule has 2 N–H and O–H groups in total. The summed E-state index contributed by atoms with van der Waals surface area (Å²) in [7, 11) is 0. The Bertz CT molecular complexity index is 1400. The summed E-state index contributed by atoms with van der Waals surface area (Å²) < 4.78 is 3.74. The fourth-order valence-corrected chi connectivity index (χ4v) is 4.01. The first kappa shape index (κ1) is 21.2. The van der Waals surface area contributed by atoms with E-state index in [0.717, 1.165) is 10.6 Å². The molecule has 0 aliphatic heterocycles. The number of aromatic nitrogens is 4. The molecule has 0 aliphatic carbocycles. The average molecular weight is 473 g/mol. The van der Waals surface area contributed by atoms with E-state index >= 15 is 0 Å².